The Kier molecular flexibility index (Phi) is 7.90. The van der Waals surface area contributed by atoms with E-state index in [-0.39, 0.29) is 0 Å². The molecule has 0 bridgehead atoms. The van der Waals surface area contributed by atoms with Gasteiger partial charge in [-0.3, -0.25) is 0 Å². The fourth-order valence-electron chi connectivity index (χ4n) is 1.54. The van der Waals surface area contributed by atoms with Gasteiger partial charge in [-0.1, -0.05) is 11.3 Å². The Balaban J connectivity index is 1.43. The molecule has 2 rings (SSSR count). The average Bonchev–Trinajstić information content (AvgIpc) is 3.22. The molecule has 1 aliphatic carbocycles. The van der Waals surface area contributed by atoms with Gasteiger partial charge in [0, 0.05) is 13.2 Å². The summed E-state index contributed by atoms with van der Waals surface area (Å²) in [5.74, 6) is 0. The van der Waals surface area contributed by atoms with Crippen LogP contribution in [-0.2, 0) is 20.8 Å². The second-order valence-electron chi connectivity index (χ2n) is 4.68. The maximum atomic E-state index is 5.49. The van der Waals surface area contributed by atoms with Gasteiger partial charge in [-0.05, 0) is 12.8 Å². The Bertz CT molecular complexity index is 387. The zero-order chi connectivity index (χ0) is 14.8. The average molecular weight is 317 g/mol. The third kappa shape index (κ3) is 7.68. The first kappa shape index (κ1) is 16.6. The van der Waals surface area contributed by atoms with Gasteiger partial charge in [0.05, 0.1) is 39.6 Å². The first-order valence-electron chi connectivity index (χ1n) is 7.21. The summed E-state index contributed by atoms with van der Waals surface area (Å²) in [7, 11) is 1.65. The highest BCUT2D eigenvalue weighted by atomic mass is 32.1. The quantitative estimate of drug-likeness (QED) is 0.541. The predicted molar refractivity (Wildman–Crippen MR) is 78.8 cm³/mol. The fourth-order valence-corrected chi connectivity index (χ4v) is 2.20. The minimum atomic E-state index is 0.475. The van der Waals surface area contributed by atoms with E-state index in [2.05, 4.69) is 15.5 Å². The van der Waals surface area contributed by atoms with Gasteiger partial charge in [-0.15, -0.1) is 10.2 Å². The largest absolute Gasteiger partial charge is 0.466 e. The van der Waals surface area contributed by atoms with E-state index in [1.54, 1.807) is 7.11 Å². The minimum Gasteiger partial charge on any atom is -0.466 e. The van der Waals surface area contributed by atoms with E-state index in [4.69, 9.17) is 18.9 Å². The van der Waals surface area contributed by atoms with Crippen molar-refractivity contribution < 1.29 is 18.9 Å². The van der Waals surface area contributed by atoms with E-state index in [1.807, 2.05) is 0 Å². The lowest BCUT2D eigenvalue weighted by molar-refractivity contribution is 0.0179. The summed E-state index contributed by atoms with van der Waals surface area (Å²) < 4.78 is 21.0. The van der Waals surface area contributed by atoms with Crippen LogP contribution in [-0.4, -0.2) is 63.0 Å². The SMILES string of the molecule is COCCOCCOCCOc1nnc(CNC2CC2)s1. The van der Waals surface area contributed by atoms with Crippen molar-refractivity contribution in [3.8, 4) is 5.19 Å². The van der Waals surface area contributed by atoms with Crippen LogP contribution >= 0.6 is 11.3 Å². The van der Waals surface area contributed by atoms with Gasteiger partial charge in [0.2, 0.25) is 0 Å². The molecule has 0 spiro atoms. The molecule has 21 heavy (non-hydrogen) atoms. The van der Waals surface area contributed by atoms with Crippen LogP contribution in [0.15, 0.2) is 0 Å². The van der Waals surface area contributed by atoms with Gasteiger partial charge in [0.25, 0.3) is 5.19 Å². The third-order valence-corrected chi connectivity index (χ3v) is 3.66. The van der Waals surface area contributed by atoms with E-state index >= 15 is 0 Å². The van der Waals surface area contributed by atoms with Crippen LogP contribution in [0.25, 0.3) is 0 Å². The van der Waals surface area contributed by atoms with Crippen molar-refractivity contribution in [1.29, 1.82) is 0 Å². The molecule has 1 heterocycles. The van der Waals surface area contributed by atoms with Gasteiger partial charge in [-0.2, -0.15) is 0 Å². The molecule has 0 radical (unpaired) electrons. The molecule has 0 saturated heterocycles. The van der Waals surface area contributed by atoms with Crippen molar-refractivity contribution in [2.45, 2.75) is 25.4 Å². The Morgan fingerprint density at radius 3 is 2.48 bits per heavy atom. The molecule has 0 amide bonds. The van der Waals surface area contributed by atoms with Crippen molar-refractivity contribution >= 4 is 11.3 Å². The van der Waals surface area contributed by atoms with Crippen molar-refractivity contribution in [3.63, 3.8) is 0 Å². The van der Waals surface area contributed by atoms with Crippen LogP contribution in [0.3, 0.4) is 0 Å². The van der Waals surface area contributed by atoms with Crippen molar-refractivity contribution in [3.05, 3.63) is 5.01 Å². The second-order valence-corrected chi connectivity index (χ2v) is 5.71. The highest BCUT2D eigenvalue weighted by Crippen LogP contribution is 2.21. The Morgan fingerprint density at radius 2 is 1.76 bits per heavy atom. The van der Waals surface area contributed by atoms with Crippen LogP contribution in [0.5, 0.6) is 5.19 Å². The molecule has 7 nitrogen and oxygen atoms in total. The summed E-state index contributed by atoms with van der Waals surface area (Å²) in [6.07, 6.45) is 2.55. The van der Waals surface area contributed by atoms with Gasteiger partial charge in [0.15, 0.2) is 0 Å². The molecule has 1 aromatic heterocycles. The molecule has 1 aliphatic rings. The van der Waals surface area contributed by atoms with Gasteiger partial charge >= 0.3 is 0 Å². The molecule has 0 aromatic carbocycles. The lowest BCUT2D eigenvalue weighted by atomic mass is 10.6. The zero-order valence-electron chi connectivity index (χ0n) is 12.4. The molecule has 0 atom stereocenters. The summed E-state index contributed by atoms with van der Waals surface area (Å²) in [5.41, 5.74) is 0. The lowest BCUT2D eigenvalue weighted by Gasteiger charge is -2.05. The molecule has 1 saturated carbocycles. The summed E-state index contributed by atoms with van der Waals surface area (Å²) >= 11 is 1.48. The molecule has 1 N–H and O–H groups in total. The van der Waals surface area contributed by atoms with E-state index in [0.29, 0.717) is 50.9 Å². The monoisotopic (exact) mass is 317 g/mol. The Labute approximate surface area is 128 Å². The van der Waals surface area contributed by atoms with Crippen molar-refractivity contribution in [2.24, 2.45) is 0 Å². The maximum Gasteiger partial charge on any atom is 0.294 e. The molecule has 120 valence electrons. The summed E-state index contributed by atoms with van der Waals surface area (Å²) in [6, 6.07) is 0.678. The van der Waals surface area contributed by atoms with Crippen LogP contribution < -0.4 is 10.1 Å². The number of methoxy groups -OCH3 is 1. The topological polar surface area (TPSA) is 74.7 Å². The smallest absolute Gasteiger partial charge is 0.294 e. The van der Waals surface area contributed by atoms with Crippen LogP contribution in [0.4, 0.5) is 0 Å². The third-order valence-electron chi connectivity index (χ3n) is 2.82. The highest BCUT2D eigenvalue weighted by molar-refractivity contribution is 7.13. The molecule has 0 aliphatic heterocycles. The molecular formula is C13H23N3O4S. The highest BCUT2D eigenvalue weighted by Gasteiger charge is 2.20. The van der Waals surface area contributed by atoms with E-state index < -0.39 is 0 Å². The van der Waals surface area contributed by atoms with Gasteiger partial charge in [-0.25, -0.2) is 0 Å². The first-order valence-corrected chi connectivity index (χ1v) is 8.03. The molecule has 1 aromatic rings. The number of ether oxygens (including phenoxy) is 4. The van der Waals surface area contributed by atoms with E-state index in [0.717, 1.165) is 11.6 Å². The first-order chi connectivity index (χ1) is 10.4. The normalized spacial score (nSPS) is 14.5. The maximum absolute atomic E-state index is 5.49. The predicted octanol–water partition coefficient (Wildman–Crippen LogP) is 0.848. The van der Waals surface area contributed by atoms with Crippen LogP contribution in [0.2, 0.25) is 0 Å². The molecule has 8 heteroatoms. The van der Waals surface area contributed by atoms with Gasteiger partial charge in [0.1, 0.15) is 11.6 Å². The number of aromatic nitrogens is 2. The Morgan fingerprint density at radius 1 is 1.05 bits per heavy atom. The van der Waals surface area contributed by atoms with Crippen molar-refractivity contribution in [1.82, 2.24) is 15.5 Å². The van der Waals surface area contributed by atoms with Crippen LogP contribution in [0.1, 0.15) is 17.8 Å². The zero-order valence-corrected chi connectivity index (χ0v) is 13.2. The van der Waals surface area contributed by atoms with E-state index in [1.165, 1.54) is 24.2 Å². The summed E-state index contributed by atoms with van der Waals surface area (Å²) in [4.78, 5) is 0. The van der Waals surface area contributed by atoms with Gasteiger partial charge < -0.3 is 24.3 Å². The Hall–Kier alpha value is -0.800. The number of nitrogens with zero attached hydrogens (tertiary/aromatic N) is 2. The van der Waals surface area contributed by atoms with E-state index in [9.17, 15) is 0 Å². The molecular weight excluding hydrogens is 294 g/mol. The van der Waals surface area contributed by atoms with Crippen LogP contribution in [0, 0.1) is 0 Å². The fraction of sp³-hybridized carbons (Fsp3) is 0.846. The number of hydrogen-bond acceptors (Lipinski definition) is 8. The number of nitrogens with one attached hydrogen (secondary N) is 1. The van der Waals surface area contributed by atoms with Crippen molar-refractivity contribution in [2.75, 3.05) is 46.8 Å². The minimum absolute atomic E-state index is 0.475. The number of rotatable bonds is 13. The number of hydrogen-bond donors (Lipinski definition) is 1. The lowest BCUT2D eigenvalue weighted by Crippen LogP contribution is -2.14. The summed E-state index contributed by atoms with van der Waals surface area (Å²) in [6.45, 7) is 4.10. The summed E-state index contributed by atoms with van der Waals surface area (Å²) in [5, 5.41) is 13.0. The standard InChI is InChI=1S/C13H23N3O4S/c1-17-4-5-18-6-7-19-8-9-20-13-16-15-12(21-13)10-14-11-2-3-11/h11,14H,2-10H2,1H3. The second kappa shape index (κ2) is 10.0. The molecule has 0 unspecified atom stereocenters. The molecule has 1 fully saturated rings.